The molecule has 0 amide bonds. The van der Waals surface area contributed by atoms with E-state index in [1.54, 1.807) is 0 Å². The van der Waals surface area contributed by atoms with Gasteiger partial charge in [-0.05, 0) is 37.8 Å². The zero-order valence-electron chi connectivity index (χ0n) is 16.0. The summed E-state index contributed by atoms with van der Waals surface area (Å²) in [7, 11) is 0. The summed E-state index contributed by atoms with van der Waals surface area (Å²) in [4.78, 5) is 34.5. The summed E-state index contributed by atoms with van der Waals surface area (Å²) in [5, 5.41) is 2.00. The standard InChI is InChI=1S/C21H23N3O3S/c1-3-27-20(26)14-8-6-10-24(11-14)21-22-17-16(12-28-18(17)19(25)23-21)15-9-5-4-7-13(15)2/h4-5,7,9,12,14H,3,6,8,10-11H2,1-2H3,(H,22,23,25). The van der Waals surface area contributed by atoms with Crippen LogP contribution in [0.1, 0.15) is 25.3 Å². The summed E-state index contributed by atoms with van der Waals surface area (Å²) in [6, 6.07) is 8.11. The molecule has 7 heteroatoms. The van der Waals surface area contributed by atoms with Crippen LogP contribution in [0.15, 0.2) is 34.4 Å². The van der Waals surface area contributed by atoms with Gasteiger partial charge in [-0.3, -0.25) is 14.6 Å². The Morgan fingerprint density at radius 3 is 2.96 bits per heavy atom. The van der Waals surface area contributed by atoms with Crippen LogP contribution >= 0.6 is 11.3 Å². The van der Waals surface area contributed by atoms with Gasteiger partial charge in [0.05, 0.1) is 18.0 Å². The molecular weight excluding hydrogens is 374 g/mol. The van der Waals surface area contributed by atoms with Crippen LogP contribution in [0, 0.1) is 12.8 Å². The van der Waals surface area contributed by atoms with Gasteiger partial charge < -0.3 is 9.64 Å². The van der Waals surface area contributed by atoms with Gasteiger partial charge in [-0.15, -0.1) is 11.3 Å². The molecule has 4 rings (SSSR count). The fraction of sp³-hybridized carbons (Fsp3) is 0.381. The first-order valence-corrected chi connectivity index (χ1v) is 10.5. The molecule has 1 aliphatic rings. The summed E-state index contributed by atoms with van der Waals surface area (Å²) in [5.41, 5.74) is 3.79. The zero-order valence-corrected chi connectivity index (χ0v) is 16.8. The number of carbonyl (C=O) groups excluding carboxylic acids is 1. The number of esters is 1. The highest BCUT2D eigenvalue weighted by Crippen LogP contribution is 2.33. The number of aromatic amines is 1. The number of rotatable bonds is 4. The number of thiophene rings is 1. The summed E-state index contributed by atoms with van der Waals surface area (Å²) < 4.78 is 5.81. The number of H-pyrrole nitrogens is 1. The summed E-state index contributed by atoms with van der Waals surface area (Å²) >= 11 is 1.41. The van der Waals surface area contributed by atoms with Crippen molar-refractivity contribution in [2.75, 3.05) is 24.6 Å². The monoisotopic (exact) mass is 397 g/mol. The van der Waals surface area contributed by atoms with E-state index < -0.39 is 0 Å². The largest absolute Gasteiger partial charge is 0.466 e. The molecule has 1 unspecified atom stereocenters. The van der Waals surface area contributed by atoms with Crippen molar-refractivity contribution in [3.05, 3.63) is 45.6 Å². The highest BCUT2D eigenvalue weighted by atomic mass is 32.1. The van der Waals surface area contributed by atoms with E-state index in [1.807, 2.05) is 29.3 Å². The molecule has 1 saturated heterocycles. The minimum atomic E-state index is -0.187. The first kappa shape index (κ1) is 18.7. The van der Waals surface area contributed by atoms with Crippen LogP contribution in [-0.2, 0) is 9.53 Å². The van der Waals surface area contributed by atoms with Crippen molar-refractivity contribution >= 4 is 33.5 Å². The number of hydrogen-bond acceptors (Lipinski definition) is 6. The molecule has 0 bridgehead atoms. The van der Waals surface area contributed by atoms with E-state index in [0.29, 0.717) is 23.8 Å². The molecule has 6 nitrogen and oxygen atoms in total. The molecule has 1 atom stereocenters. The SMILES string of the molecule is CCOC(=O)C1CCCN(c2nc3c(-c4ccccc4C)csc3c(=O)[nH]2)C1. The van der Waals surface area contributed by atoms with Crippen molar-refractivity contribution < 1.29 is 9.53 Å². The van der Waals surface area contributed by atoms with Gasteiger partial charge in [0.25, 0.3) is 5.56 Å². The maximum Gasteiger partial charge on any atom is 0.310 e. The van der Waals surface area contributed by atoms with Crippen LogP contribution in [0.5, 0.6) is 0 Å². The van der Waals surface area contributed by atoms with E-state index in [4.69, 9.17) is 9.72 Å². The summed E-state index contributed by atoms with van der Waals surface area (Å²) in [6.45, 7) is 5.52. The lowest BCUT2D eigenvalue weighted by Gasteiger charge is -2.31. The van der Waals surface area contributed by atoms with Crippen LogP contribution in [0.25, 0.3) is 21.3 Å². The number of ether oxygens (including phenoxy) is 1. The van der Waals surface area contributed by atoms with E-state index in [9.17, 15) is 9.59 Å². The molecule has 1 aromatic carbocycles. The molecule has 0 aliphatic carbocycles. The van der Waals surface area contributed by atoms with Crippen molar-refractivity contribution in [3.8, 4) is 11.1 Å². The van der Waals surface area contributed by atoms with E-state index in [1.165, 1.54) is 11.3 Å². The van der Waals surface area contributed by atoms with Crippen molar-refractivity contribution in [2.24, 2.45) is 5.92 Å². The van der Waals surface area contributed by atoms with Gasteiger partial charge in [0.15, 0.2) is 0 Å². The Kier molecular flexibility index (Phi) is 5.17. The fourth-order valence-electron chi connectivity index (χ4n) is 3.75. The van der Waals surface area contributed by atoms with Crippen molar-refractivity contribution in [2.45, 2.75) is 26.7 Å². The molecule has 28 heavy (non-hydrogen) atoms. The lowest BCUT2D eigenvalue weighted by atomic mass is 9.98. The minimum Gasteiger partial charge on any atom is -0.466 e. The molecule has 1 aliphatic heterocycles. The molecule has 2 aromatic heterocycles. The Hall–Kier alpha value is -2.67. The Bertz CT molecular complexity index is 1070. The third-order valence-electron chi connectivity index (χ3n) is 5.19. The Morgan fingerprint density at radius 2 is 2.18 bits per heavy atom. The molecule has 1 fully saturated rings. The maximum atomic E-state index is 12.7. The number of nitrogens with zero attached hydrogens (tertiary/aromatic N) is 2. The van der Waals surface area contributed by atoms with Crippen LogP contribution in [0.4, 0.5) is 5.95 Å². The Labute approximate surface area is 167 Å². The van der Waals surface area contributed by atoms with Crippen LogP contribution in [0.3, 0.4) is 0 Å². The predicted octanol–water partition coefficient (Wildman–Crippen LogP) is 3.74. The maximum absolute atomic E-state index is 12.7. The Morgan fingerprint density at radius 1 is 1.36 bits per heavy atom. The Balaban J connectivity index is 1.73. The van der Waals surface area contributed by atoms with Crippen molar-refractivity contribution in [3.63, 3.8) is 0 Å². The molecule has 3 heterocycles. The van der Waals surface area contributed by atoms with E-state index in [0.717, 1.165) is 41.6 Å². The molecule has 146 valence electrons. The molecule has 0 saturated carbocycles. The minimum absolute atomic E-state index is 0.136. The van der Waals surface area contributed by atoms with Crippen molar-refractivity contribution in [1.29, 1.82) is 0 Å². The second kappa shape index (κ2) is 7.75. The number of aromatic nitrogens is 2. The normalized spacial score (nSPS) is 17.1. The topological polar surface area (TPSA) is 75.3 Å². The van der Waals surface area contributed by atoms with Gasteiger partial charge in [0.2, 0.25) is 5.95 Å². The zero-order chi connectivity index (χ0) is 19.7. The highest BCUT2D eigenvalue weighted by Gasteiger charge is 2.28. The number of anilines is 1. The molecule has 0 radical (unpaired) electrons. The molecule has 1 N–H and O–H groups in total. The number of fused-ring (bicyclic) bond motifs is 1. The predicted molar refractivity (Wildman–Crippen MR) is 112 cm³/mol. The van der Waals surface area contributed by atoms with E-state index in [-0.39, 0.29) is 17.4 Å². The van der Waals surface area contributed by atoms with Crippen LogP contribution in [-0.4, -0.2) is 35.6 Å². The number of hydrogen-bond donors (Lipinski definition) is 1. The molecular formula is C21H23N3O3S. The average molecular weight is 398 g/mol. The van der Waals surface area contributed by atoms with Gasteiger partial charge in [0, 0.05) is 24.0 Å². The van der Waals surface area contributed by atoms with Gasteiger partial charge in [0.1, 0.15) is 4.70 Å². The quantitative estimate of drug-likeness (QED) is 0.679. The highest BCUT2D eigenvalue weighted by molar-refractivity contribution is 7.17. The fourth-order valence-corrected chi connectivity index (χ4v) is 4.65. The van der Waals surface area contributed by atoms with Gasteiger partial charge in [-0.1, -0.05) is 24.3 Å². The number of piperidine rings is 1. The van der Waals surface area contributed by atoms with Gasteiger partial charge in [-0.2, -0.15) is 0 Å². The van der Waals surface area contributed by atoms with Crippen molar-refractivity contribution in [1.82, 2.24) is 9.97 Å². The number of aryl methyl sites for hydroxylation is 1. The molecule has 0 spiro atoms. The summed E-state index contributed by atoms with van der Waals surface area (Å²) in [5.74, 6) is 0.166. The third-order valence-corrected chi connectivity index (χ3v) is 6.16. The average Bonchev–Trinajstić information content (AvgIpc) is 3.13. The second-order valence-corrected chi connectivity index (χ2v) is 7.95. The first-order chi connectivity index (χ1) is 13.6. The van der Waals surface area contributed by atoms with E-state index >= 15 is 0 Å². The second-order valence-electron chi connectivity index (χ2n) is 7.07. The van der Waals surface area contributed by atoms with Crippen LogP contribution in [0.2, 0.25) is 0 Å². The molecule has 3 aromatic rings. The number of benzene rings is 1. The van der Waals surface area contributed by atoms with Gasteiger partial charge >= 0.3 is 5.97 Å². The van der Waals surface area contributed by atoms with Gasteiger partial charge in [-0.25, -0.2) is 4.98 Å². The number of nitrogens with one attached hydrogen (secondary N) is 1. The number of carbonyl (C=O) groups is 1. The lowest BCUT2D eigenvalue weighted by molar-refractivity contribution is -0.148. The third kappa shape index (κ3) is 3.42. The first-order valence-electron chi connectivity index (χ1n) is 9.57. The van der Waals surface area contributed by atoms with Crippen LogP contribution < -0.4 is 10.5 Å². The summed E-state index contributed by atoms with van der Waals surface area (Å²) in [6.07, 6.45) is 1.66. The van der Waals surface area contributed by atoms with E-state index in [2.05, 4.69) is 24.0 Å². The smallest absolute Gasteiger partial charge is 0.310 e. The lowest BCUT2D eigenvalue weighted by Crippen LogP contribution is -2.40.